The average Bonchev–Trinajstić information content (AvgIpc) is 3.15. The van der Waals surface area contributed by atoms with E-state index in [1.54, 1.807) is 0 Å². The fraction of sp³-hybridized carbons (Fsp3) is 0.938. The van der Waals surface area contributed by atoms with Crippen LogP contribution in [-0.4, -0.2) is 74.2 Å². The zero-order chi connectivity index (χ0) is 14.7. The van der Waals surface area contributed by atoms with E-state index in [1.807, 2.05) is 0 Å². The van der Waals surface area contributed by atoms with Crippen LogP contribution < -0.4 is 5.32 Å². The molecule has 1 N–H and O–H groups in total. The van der Waals surface area contributed by atoms with Crippen LogP contribution >= 0.6 is 0 Å². The van der Waals surface area contributed by atoms with Crippen LogP contribution in [0.4, 0.5) is 0 Å². The summed E-state index contributed by atoms with van der Waals surface area (Å²) in [6, 6.07) is 0.533. The van der Waals surface area contributed by atoms with Crippen LogP contribution in [0.15, 0.2) is 0 Å². The van der Waals surface area contributed by atoms with E-state index in [1.165, 1.54) is 6.42 Å². The van der Waals surface area contributed by atoms with Gasteiger partial charge < -0.3 is 15.0 Å². The molecule has 0 bridgehead atoms. The molecule has 0 spiro atoms. The summed E-state index contributed by atoms with van der Waals surface area (Å²) in [5.41, 5.74) is 0. The van der Waals surface area contributed by atoms with Crippen LogP contribution in [0.3, 0.4) is 0 Å². The van der Waals surface area contributed by atoms with Crippen LogP contribution in [0.1, 0.15) is 26.2 Å². The lowest BCUT2D eigenvalue weighted by Gasteiger charge is -2.34. The molecule has 0 saturated carbocycles. The lowest BCUT2D eigenvalue weighted by atomic mass is 10.0. The third-order valence-corrected chi connectivity index (χ3v) is 5.37. The van der Waals surface area contributed by atoms with E-state index in [0.29, 0.717) is 23.8 Å². The van der Waals surface area contributed by atoms with Gasteiger partial charge in [0, 0.05) is 38.6 Å². The molecule has 0 aliphatic carbocycles. The molecule has 3 saturated heterocycles. The van der Waals surface area contributed by atoms with Crippen LogP contribution in [0.25, 0.3) is 0 Å². The van der Waals surface area contributed by atoms with Gasteiger partial charge in [0.25, 0.3) is 0 Å². The summed E-state index contributed by atoms with van der Waals surface area (Å²) in [6.07, 6.45) is 3.02. The van der Waals surface area contributed by atoms with Gasteiger partial charge in [0.05, 0.1) is 13.2 Å². The molecule has 3 unspecified atom stereocenters. The highest BCUT2D eigenvalue weighted by atomic mass is 16.5. The summed E-state index contributed by atoms with van der Waals surface area (Å²) < 4.78 is 5.44. The molecule has 3 atom stereocenters. The van der Waals surface area contributed by atoms with Crippen molar-refractivity contribution in [3.05, 3.63) is 0 Å². The number of carbonyl (C=O) groups excluding carboxylic acids is 1. The molecule has 3 aliphatic rings. The largest absolute Gasteiger partial charge is 0.379 e. The van der Waals surface area contributed by atoms with Crippen molar-refractivity contribution in [2.75, 3.05) is 52.5 Å². The fourth-order valence-corrected chi connectivity index (χ4v) is 3.98. The maximum atomic E-state index is 12.4. The van der Waals surface area contributed by atoms with E-state index in [0.717, 1.165) is 65.3 Å². The number of likely N-dealkylation sites (tertiary alicyclic amines) is 1. The molecule has 1 amide bonds. The Balaban J connectivity index is 1.46. The van der Waals surface area contributed by atoms with Crippen molar-refractivity contribution in [3.8, 4) is 0 Å². The Morgan fingerprint density at radius 1 is 1.29 bits per heavy atom. The second kappa shape index (κ2) is 7.07. The van der Waals surface area contributed by atoms with Gasteiger partial charge in [-0.2, -0.15) is 0 Å². The van der Waals surface area contributed by atoms with E-state index < -0.39 is 0 Å². The predicted molar refractivity (Wildman–Crippen MR) is 82.1 cm³/mol. The Kier molecular flexibility index (Phi) is 5.14. The molecular weight excluding hydrogens is 266 g/mol. The number of hydrogen-bond donors (Lipinski definition) is 1. The summed E-state index contributed by atoms with van der Waals surface area (Å²) in [7, 11) is 0. The van der Waals surface area contributed by atoms with Crippen molar-refractivity contribution >= 4 is 5.91 Å². The lowest BCUT2D eigenvalue weighted by molar-refractivity contribution is -0.130. The molecule has 3 fully saturated rings. The number of nitrogens with one attached hydrogen (secondary N) is 1. The Morgan fingerprint density at radius 2 is 2.10 bits per heavy atom. The van der Waals surface area contributed by atoms with Gasteiger partial charge >= 0.3 is 0 Å². The van der Waals surface area contributed by atoms with E-state index in [-0.39, 0.29) is 0 Å². The molecule has 5 heteroatoms. The Labute approximate surface area is 128 Å². The Hall–Kier alpha value is -0.650. The first-order valence-electron chi connectivity index (χ1n) is 8.54. The van der Waals surface area contributed by atoms with Gasteiger partial charge in [0.15, 0.2) is 0 Å². The van der Waals surface area contributed by atoms with E-state index in [4.69, 9.17) is 4.74 Å². The molecule has 3 heterocycles. The number of rotatable bonds is 4. The highest BCUT2D eigenvalue weighted by Gasteiger charge is 2.36. The minimum Gasteiger partial charge on any atom is -0.379 e. The van der Waals surface area contributed by atoms with Gasteiger partial charge in [-0.1, -0.05) is 6.92 Å². The van der Waals surface area contributed by atoms with Gasteiger partial charge in [-0.05, 0) is 37.8 Å². The normalized spacial score (nSPS) is 34.5. The van der Waals surface area contributed by atoms with E-state index in [9.17, 15) is 4.79 Å². The SMILES string of the molecule is CC1CN(C(=O)CCC2CCNC2)CC1N1CCOCC1. The standard InChI is InChI=1S/C16H29N3O2/c1-13-11-19(12-15(13)18-6-8-21-9-7-18)16(20)3-2-14-4-5-17-10-14/h13-15,17H,2-12H2,1H3. The first-order valence-corrected chi connectivity index (χ1v) is 8.54. The molecule has 0 radical (unpaired) electrons. The summed E-state index contributed by atoms with van der Waals surface area (Å²) in [4.78, 5) is 17.1. The van der Waals surface area contributed by atoms with E-state index >= 15 is 0 Å². The second-order valence-electron chi connectivity index (χ2n) is 6.89. The number of nitrogens with zero attached hydrogens (tertiary/aromatic N) is 2. The zero-order valence-corrected chi connectivity index (χ0v) is 13.2. The van der Waals surface area contributed by atoms with Gasteiger partial charge in [0.2, 0.25) is 5.91 Å². The molecule has 3 rings (SSSR count). The van der Waals surface area contributed by atoms with Gasteiger partial charge in [-0.25, -0.2) is 0 Å². The molecule has 5 nitrogen and oxygen atoms in total. The van der Waals surface area contributed by atoms with Gasteiger partial charge in [0.1, 0.15) is 0 Å². The van der Waals surface area contributed by atoms with Crippen LogP contribution in [-0.2, 0) is 9.53 Å². The quantitative estimate of drug-likeness (QED) is 0.823. The minimum atomic E-state index is 0.365. The predicted octanol–water partition coefficient (Wildman–Crippen LogP) is 0.555. The second-order valence-corrected chi connectivity index (χ2v) is 6.89. The third kappa shape index (κ3) is 3.76. The monoisotopic (exact) mass is 295 g/mol. The molecule has 0 aromatic rings. The summed E-state index contributed by atoms with van der Waals surface area (Å²) in [5, 5.41) is 3.38. The summed E-state index contributed by atoms with van der Waals surface area (Å²) >= 11 is 0. The van der Waals surface area contributed by atoms with Crippen molar-refractivity contribution < 1.29 is 9.53 Å². The lowest BCUT2D eigenvalue weighted by Crippen LogP contribution is -2.47. The van der Waals surface area contributed by atoms with Crippen LogP contribution in [0, 0.1) is 11.8 Å². The molecule has 0 aromatic heterocycles. The number of hydrogen-bond acceptors (Lipinski definition) is 4. The zero-order valence-electron chi connectivity index (χ0n) is 13.2. The summed E-state index contributed by atoms with van der Waals surface area (Å²) in [6.45, 7) is 10.1. The summed E-state index contributed by atoms with van der Waals surface area (Å²) in [5.74, 6) is 1.66. The van der Waals surface area contributed by atoms with E-state index in [2.05, 4.69) is 22.0 Å². The molecule has 0 aromatic carbocycles. The van der Waals surface area contributed by atoms with Crippen molar-refractivity contribution in [3.63, 3.8) is 0 Å². The molecule has 21 heavy (non-hydrogen) atoms. The maximum absolute atomic E-state index is 12.4. The van der Waals surface area contributed by atoms with Crippen LogP contribution in [0.5, 0.6) is 0 Å². The molecule has 3 aliphatic heterocycles. The fourth-order valence-electron chi connectivity index (χ4n) is 3.98. The maximum Gasteiger partial charge on any atom is 0.222 e. The number of ether oxygens (including phenoxy) is 1. The third-order valence-electron chi connectivity index (χ3n) is 5.37. The first kappa shape index (κ1) is 15.3. The highest BCUT2D eigenvalue weighted by Crippen LogP contribution is 2.24. The Morgan fingerprint density at radius 3 is 2.81 bits per heavy atom. The molecular formula is C16H29N3O2. The van der Waals surface area contributed by atoms with Crippen molar-refractivity contribution in [1.82, 2.24) is 15.1 Å². The smallest absolute Gasteiger partial charge is 0.222 e. The Bertz CT molecular complexity index is 351. The average molecular weight is 295 g/mol. The molecule has 120 valence electrons. The van der Waals surface area contributed by atoms with Gasteiger partial charge in [-0.3, -0.25) is 9.69 Å². The minimum absolute atomic E-state index is 0.365. The van der Waals surface area contributed by atoms with Gasteiger partial charge in [-0.15, -0.1) is 0 Å². The van der Waals surface area contributed by atoms with Crippen molar-refractivity contribution in [1.29, 1.82) is 0 Å². The number of morpholine rings is 1. The van der Waals surface area contributed by atoms with Crippen LogP contribution in [0.2, 0.25) is 0 Å². The van der Waals surface area contributed by atoms with Crippen molar-refractivity contribution in [2.24, 2.45) is 11.8 Å². The topological polar surface area (TPSA) is 44.8 Å². The van der Waals surface area contributed by atoms with Crippen molar-refractivity contribution in [2.45, 2.75) is 32.2 Å². The number of amides is 1. The number of carbonyl (C=O) groups is 1. The highest BCUT2D eigenvalue weighted by molar-refractivity contribution is 5.76. The first-order chi connectivity index (χ1) is 10.2.